The van der Waals surface area contributed by atoms with Crippen molar-refractivity contribution in [1.29, 1.82) is 0 Å². The first-order valence-electron chi connectivity index (χ1n) is 8.64. The topological polar surface area (TPSA) is 66.4 Å². The summed E-state index contributed by atoms with van der Waals surface area (Å²) in [6.07, 6.45) is 3.61. The maximum Gasteiger partial charge on any atom is 0.329 e. The van der Waals surface area contributed by atoms with E-state index in [2.05, 4.69) is 29.6 Å². The smallest absolute Gasteiger partial charge is 0.329 e. The predicted octanol–water partition coefficient (Wildman–Crippen LogP) is 3.46. The van der Waals surface area contributed by atoms with Gasteiger partial charge in [0.1, 0.15) is 5.54 Å². The highest BCUT2D eigenvalue weighted by Crippen LogP contribution is 2.50. The summed E-state index contributed by atoms with van der Waals surface area (Å²) >= 11 is 0. The van der Waals surface area contributed by atoms with E-state index in [0.717, 1.165) is 19.3 Å². The summed E-state index contributed by atoms with van der Waals surface area (Å²) in [7, 11) is 0. The van der Waals surface area contributed by atoms with Crippen molar-refractivity contribution < 1.29 is 14.7 Å². The van der Waals surface area contributed by atoms with E-state index in [-0.39, 0.29) is 17.7 Å². The van der Waals surface area contributed by atoms with Gasteiger partial charge in [-0.25, -0.2) is 4.79 Å². The van der Waals surface area contributed by atoms with Crippen molar-refractivity contribution in [3.63, 3.8) is 0 Å². The quantitative estimate of drug-likeness (QED) is 0.905. The number of benzene rings is 2. The standard InChI is InChI=1S/C20H21NO3/c22-18(21-20(19(23)24)10-3-4-11-20)17-12-16(17)15-9-5-7-13-6-1-2-8-14(13)15/h1-2,5-9,16-17H,3-4,10-12H2,(H,21,22)(H,23,24). The molecule has 2 aromatic carbocycles. The molecule has 0 saturated heterocycles. The summed E-state index contributed by atoms with van der Waals surface area (Å²) in [4.78, 5) is 24.2. The molecule has 2 fully saturated rings. The normalized spacial score (nSPS) is 24.7. The molecule has 0 bridgehead atoms. The minimum Gasteiger partial charge on any atom is -0.480 e. The lowest BCUT2D eigenvalue weighted by atomic mass is 9.96. The number of carboxylic acids is 1. The monoisotopic (exact) mass is 323 g/mol. The Kier molecular flexibility index (Phi) is 3.56. The maximum absolute atomic E-state index is 12.6. The van der Waals surface area contributed by atoms with E-state index in [9.17, 15) is 14.7 Å². The molecule has 24 heavy (non-hydrogen) atoms. The number of fused-ring (bicyclic) bond motifs is 1. The lowest BCUT2D eigenvalue weighted by molar-refractivity contribution is -0.147. The van der Waals surface area contributed by atoms with Gasteiger partial charge in [0.2, 0.25) is 5.91 Å². The minimum absolute atomic E-state index is 0.0998. The maximum atomic E-state index is 12.6. The van der Waals surface area contributed by atoms with Gasteiger partial charge >= 0.3 is 5.97 Å². The van der Waals surface area contributed by atoms with Crippen LogP contribution in [0.1, 0.15) is 43.6 Å². The number of carbonyl (C=O) groups is 2. The van der Waals surface area contributed by atoms with Crippen LogP contribution in [-0.2, 0) is 9.59 Å². The highest BCUT2D eigenvalue weighted by molar-refractivity contribution is 5.92. The lowest BCUT2D eigenvalue weighted by Gasteiger charge is -2.25. The molecule has 2 aromatic rings. The second-order valence-electron chi connectivity index (χ2n) is 7.10. The Morgan fingerprint density at radius 3 is 2.50 bits per heavy atom. The first kappa shape index (κ1) is 15.2. The van der Waals surface area contributed by atoms with E-state index in [1.807, 2.05) is 18.2 Å². The molecule has 2 saturated carbocycles. The van der Waals surface area contributed by atoms with Gasteiger partial charge in [0.15, 0.2) is 0 Å². The average Bonchev–Trinajstić information content (AvgIpc) is 3.25. The number of aliphatic carboxylic acids is 1. The molecule has 2 aliphatic carbocycles. The SMILES string of the molecule is O=C(NC1(C(=O)O)CCCC1)C1CC1c1cccc2ccccc12. The Morgan fingerprint density at radius 1 is 1.04 bits per heavy atom. The zero-order valence-electron chi connectivity index (χ0n) is 13.5. The van der Waals surface area contributed by atoms with E-state index in [0.29, 0.717) is 12.8 Å². The Morgan fingerprint density at radius 2 is 1.75 bits per heavy atom. The van der Waals surface area contributed by atoms with E-state index < -0.39 is 11.5 Å². The summed E-state index contributed by atoms with van der Waals surface area (Å²) in [5.41, 5.74) is 0.159. The molecule has 0 aromatic heterocycles. The summed E-state index contributed by atoms with van der Waals surface area (Å²) in [5, 5.41) is 14.8. The number of carboxylic acid groups (broad SMARTS) is 1. The van der Waals surface area contributed by atoms with Gasteiger partial charge < -0.3 is 10.4 Å². The fourth-order valence-corrected chi connectivity index (χ4v) is 4.10. The minimum atomic E-state index is -1.04. The molecule has 124 valence electrons. The number of amides is 1. The molecule has 2 N–H and O–H groups in total. The van der Waals surface area contributed by atoms with Crippen molar-refractivity contribution in [1.82, 2.24) is 5.32 Å². The van der Waals surface area contributed by atoms with Crippen LogP contribution < -0.4 is 5.32 Å². The molecule has 2 aliphatic rings. The molecule has 2 unspecified atom stereocenters. The summed E-state index contributed by atoms with van der Waals surface area (Å²) in [6.45, 7) is 0. The Balaban J connectivity index is 1.53. The molecule has 0 heterocycles. The molecule has 4 rings (SSSR count). The number of hydrogen-bond donors (Lipinski definition) is 2. The van der Waals surface area contributed by atoms with Crippen LogP contribution in [0.2, 0.25) is 0 Å². The van der Waals surface area contributed by atoms with Crippen LogP contribution in [0.4, 0.5) is 0 Å². The van der Waals surface area contributed by atoms with Crippen molar-refractivity contribution in [3.8, 4) is 0 Å². The van der Waals surface area contributed by atoms with Gasteiger partial charge in [0.05, 0.1) is 0 Å². The van der Waals surface area contributed by atoms with Crippen LogP contribution in [0, 0.1) is 5.92 Å². The second-order valence-corrected chi connectivity index (χ2v) is 7.10. The third kappa shape index (κ3) is 2.46. The summed E-state index contributed by atoms with van der Waals surface area (Å²) in [6, 6.07) is 14.4. The summed E-state index contributed by atoms with van der Waals surface area (Å²) in [5.74, 6) is -0.899. The first-order chi connectivity index (χ1) is 11.6. The molecule has 0 radical (unpaired) electrons. The predicted molar refractivity (Wildman–Crippen MR) is 91.8 cm³/mol. The lowest BCUT2D eigenvalue weighted by Crippen LogP contribution is -2.53. The van der Waals surface area contributed by atoms with Gasteiger partial charge in [-0.15, -0.1) is 0 Å². The first-order valence-corrected chi connectivity index (χ1v) is 8.64. The van der Waals surface area contributed by atoms with Gasteiger partial charge in [-0.1, -0.05) is 55.3 Å². The van der Waals surface area contributed by atoms with Crippen LogP contribution >= 0.6 is 0 Å². The van der Waals surface area contributed by atoms with E-state index in [4.69, 9.17) is 0 Å². The molecular formula is C20H21NO3. The Hall–Kier alpha value is -2.36. The van der Waals surface area contributed by atoms with Gasteiger partial charge in [-0.05, 0) is 41.5 Å². The van der Waals surface area contributed by atoms with Gasteiger partial charge in [0, 0.05) is 5.92 Å². The third-order valence-corrected chi connectivity index (χ3v) is 5.58. The molecule has 0 spiro atoms. The van der Waals surface area contributed by atoms with Crippen LogP contribution in [0.3, 0.4) is 0 Å². The zero-order chi connectivity index (χ0) is 16.7. The average molecular weight is 323 g/mol. The van der Waals surface area contributed by atoms with Crippen LogP contribution in [0.15, 0.2) is 42.5 Å². The van der Waals surface area contributed by atoms with Crippen molar-refractivity contribution >= 4 is 22.6 Å². The summed E-state index contributed by atoms with van der Waals surface area (Å²) < 4.78 is 0. The van der Waals surface area contributed by atoms with Crippen molar-refractivity contribution in [2.24, 2.45) is 5.92 Å². The molecular weight excluding hydrogens is 302 g/mol. The number of nitrogens with one attached hydrogen (secondary N) is 1. The second kappa shape index (κ2) is 5.62. The van der Waals surface area contributed by atoms with Gasteiger partial charge in [-0.3, -0.25) is 4.79 Å². The molecule has 4 heteroatoms. The zero-order valence-corrected chi connectivity index (χ0v) is 13.5. The molecule has 2 atom stereocenters. The van der Waals surface area contributed by atoms with Crippen LogP contribution in [0.25, 0.3) is 10.8 Å². The van der Waals surface area contributed by atoms with E-state index in [1.165, 1.54) is 16.3 Å². The molecule has 0 aliphatic heterocycles. The van der Waals surface area contributed by atoms with Crippen LogP contribution in [-0.4, -0.2) is 22.5 Å². The number of carbonyl (C=O) groups excluding carboxylic acids is 1. The van der Waals surface area contributed by atoms with Crippen LogP contribution in [0.5, 0.6) is 0 Å². The fourth-order valence-electron chi connectivity index (χ4n) is 4.10. The Bertz CT molecular complexity index is 802. The largest absolute Gasteiger partial charge is 0.480 e. The number of rotatable bonds is 4. The fraction of sp³-hybridized carbons (Fsp3) is 0.400. The van der Waals surface area contributed by atoms with Gasteiger partial charge in [0.25, 0.3) is 0 Å². The molecule has 4 nitrogen and oxygen atoms in total. The van der Waals surface area contributed by atoms with Gasteiger partial charge in [-0.2, -0.15) is 0 Å². The van der Waals surface area contributed by atoms with Crippen molar-refractivity contribution in [2.45, 2.75) is 43.6 Å². The Labute approximate surface area is 140 Å². The van der Waals surface area contributed by atoms with E-state index >= 15 is 0 Å². The number of hydrogen-bond acceptors (Lipinski definition) is 2. The highest BCUT2D eigenvalue weighted by atomic mass is 16.4. The van der Waals surface area contributed by atoms with Crippen molar-refractivity contribution in [2.75, 3.05) is 0 Å². The molecule has 1 amide bonds. The highest BCUT2D eigenvalue weighted by Gasteiger charge is 2.49. The third-order valence-electron chi connectivity index (χ3n) is 5.58. The van der Waals surface area contributed by atoms with Crippen molar-refractivity contribution in [3.05, 3.63) is 48.0 Å². The van der Waals surface area contributed by atoms with E-state index in [1.54, 1.807) is 0 Å².